The minimum atomic E-state index is -0.259. The van der Waals surface area contributed by atoms with Gasteiger partial charge >= 0.3 is 0 Å². The van der Waals surface area contributed by atoms with Crippen molar-refractivity contribution in [2.45, 2.75) is 18.3 Å². The van der Waals surface area contributed by atoms with Crippen molar-refractivity contribution < 1.29 is 14.0 Å². The molecule has 1 saturated heterocycles. The maximum Gasteiger partial charge on any atom is 0.263 e. The molecule has 8 heteroatoms. The summed E-state index contributed by atoms with van der Waals surface area (Å²) in [4.78, 5) is 8.93. The number of methoxy groups -OCH3 is 1. The van der Waals surface area contributed by atoms with Crippen molar-refractivity contribution in [3.8, 4) is 11.5 Å². The number of aromatic nitrogens is 5. The summed E-state index contributed by atoms with van der Waals surface area (Å²) in [5.41, 5.74) is 1.16. The maximum atomic E-state index is 5.49. The molecule has 0 spiro atoms. The van der Waals surface area contributed by atoms with Crippen molar-refractivity contribution in [1.82, 2.24) is 24.7 Å². The van der Waals surface area contributed by atoms with E-state index in [1.807, 2.05) is 12.3 Å². The molecule has 4 rings (SSSR count). The Kier molecular flexibility index (Phi) is 3.55. The Bertz CT molecular complexity index is 801. The summed E-state index contributed by atoms with van der Waals surface area (Å²) in [6, 6.07) is 1.82. The smallest absolute Gasteiger partial charge is 0.263 e. The lowest BCUT2D eigenvalue weighted by atomic mass is 9.80. The Labute approximate surface area is 132 Å². The van der Waals surface area contributed by atoms with Crippen molar-refractivity contribution in [3.05, 3.63) is 30.5 Å². The highest BCUT2D eigenvalue weighted by atomic mass is 16.5. The van der Waals surface area contributed by atoms with Crippen LogP contribution in [-0.2, 0) is 14.9 Å². The van der Waals surface area contributed by atoms with Gasteiger partial charge in [-0.2, -0.15) is 10.1 Å². The molecule has 0 radical (unpaired) electrons. The number of rotatable bonds is 4. The summed E-state index contributed by atoms with van der Waals surface area (Å²) < 4.78 is 18.0. The van der Waals surface area contributed by atoms with Gasteiger partial charge in [0.05, 0.1) is 18.2 Å². The predicted molar refractivity (Wildman–Crippen MR) is 79.9 cm³/mol. The van der Waals surface area contributed by atoms with E-state index < -0.39 is 0 Å². The second-order valence-electron chi connectivity index (χ2n) is 5.69. The van der Waals surface area contributed by atoms with Crippen LogP contribution in [0.4, 0.5) is 0 Å². The van der Waals surface area contributed by atoms with Gasteiger partial charge in [0.15, 0.2) is 11.5 Å². The van der Waals surface area contributed by atoms with Gasteiger partial charge in [0.1, 0.15) is 5.56 Å². The van der Waals surface area contributed by atoms with Crippen LogP contribution in [0.3, 0.4) is 0 Å². The minimum Gasteiger partial charge on any atom is -0.384 e. The average Bonchev–Trinajstić information content (AvgIpc) is 3.23. The third kappa shape index (κ3) is 2.40. The predicted octanol–water partition coefficient (Wildman–Crippen LogP) is 1.47. The van der Waals surface area contributed by atoms with Crippen molar-refractivity contribution in [2.24, 2.45) is 0 Å². The molecular weight excluding hydrogens is 298 g/mol. The van der Waals surface area contributed by atoms with Crippen LogP contribution in [0.2, 0.25) is 0 Å². The molecule has 3 aromatic heterocycles. The fraction of sp³-hybridized carbons (Fsp3) is 0.467. The van der Waals surface area contributed by atoms with Gasteiger partial charge in [0.2, 0.25) is 0 Å². The standard InChI is InChI=1S/C15H17N5O3/c1-21-10-15(3-7-22-8-4-15)14-18-13(23-19-14)11-9-17-20-6-2-5-16-12(11)20/h2,5-6,9H,3-4,7-8,10H2,1H3. The van der Waals surface area contributed by atoms with Crippen LogP contribution in [0.1, 0.15) is 18.7 Å². The van der Waals surface area contributed by atoms with Gasteiger partial charge in [0.25, 0.3) is 5.89 Å². The molecule has 0 aromatic carbocycles. The largest absolute Gasteiger partial charge is 0.384 e. The van der Waals surface area contributed by atoms with E-state index in [1.54, 1.807) is 24.0 Å². The Morgan fingerprint density at radius 2 is 2.22 bits per heavy atom. The molecule has 0 saturated carbocycles. The lowest BCUT2D eigenvalue weighted by Crippen LogP contribution is -2.39. The molecule has 120 valence electrons. The molecule has 0 aliphatic carbocycles. The summed E-state index contributed by atoms with van der Waals surface area (Å²) in [7, 11) is 1.69. The Balaban J connectivity index is 1.73. The van der Waals surface area contributed by atoms with Crippen molar-refractivity contribution in [2.75, 3.05) is 26.9 Å². The van der Waals surface area contributed by atoms with E-state index in [0.29, 0.717) is 37.2 Å². The second kappa shape index (κ2) is 5.71. The summed E-state index contributed by atoms with van der Waals surface area (Å²) >= 11 is 0. The highest BCUT2D eigenvalue weighted by Gasteiger charge is 2.39. The Hall–Kier alpha value is -2.32. The fourth-order valence-corrected chi connectivity index (χ4v) is 3.00. The van der Waals surface area contributed by atoms with Crippen LogP contribution >= 0.6 is 0 Å². The quantitative estimate of drug-likeness (QED) is 0.720. The molecule has 1 fully saturated rings. The first-order valence-corrected chi connectivity index (χ1v) is 7.52. The van der Waals surface area contributed by atoms with E-state index in [4.69, 9.17) is 14.0 Å². The molecule has 23 heavy (non-hydrogen) atoms. The molecule has 8 nitrogen and oxygen atoms in total. The average molecular weight is 315 g/mol. The highest BCUT2D eigenvalue weighted by Crippen LogP contribution is 2.34. The molecule has 1 aliphatic rings. The zero-order chi connectivity index (χ0) is 15.7. The van der Waals surface area contributed by atoms with E-state index in [0.717, 1.165) is 18.4 Å². The van der Waals surface area contributed by atoms with Crippen LogP contribution in [0.15, 0.2) is 29.2 Å². The van der Waals surface area contributed by atoms with Crippen molar-refractivity contribution in [3.63, 3.8) is 0 Å². The normalized spacial score (nSPS) is 17.6. The lowest BCUT2D eigenvalue weighted by molar-refractivity contribution is 0.00915. The highest BCUT2D eigenvalue weighted by molar-refractivity contribution is 5.70. The van der Waals surface area contributed by atoms with Crippen LogP contribution in [0.25, 0.3) is 17.1 Å². The lowest BCUT2D eigenvalue weighted by Gasteiger charge is -2.33. The zero-order valence-corrected chi connectivity index (χ0v) is 12.8. The fourth-order valence-electron chi connectivity index (χ4n) is 3.00. The van der Waals surface area contributed by atoms with Gasteiger partial charge in [-0.25, -0.2) is 9.50 Å². The van der Waals surface area contributed by atoms with Crippen LogP contribution in [0, 0.1) is 0 Å². The number of fused-ring (bicyclic) bond motifs is 1. The number of hydrogen-bond acceptors (Lipinski definition) is 7. The molecule has 0 bridgehead atoms. The van der Waals surface area contributed by atoms with E-state index in [1.165, 1.54) is 0 Å². The third-order valence-corrected chi connectivity index (χ3v) is 4.28. The van der Waals surface area contributed by atoms with Gasteiger partial charge in [-0.3, -0.25) is 0 Å². The van der Waals surface area contributed by atoms with Gasteiger partial charge < -0.3 is 14.0 Å². The topological polar surface area (TPSA) is 87.6 Å². The zero-order valence-electron chi connectivity index (χ0n) is 12.8. The van der Waals surface area contributed by atoms with Crippen LogP contribution in [0.5, 0.6) is 0 Å². The first-order chi connectivity index (χ1) is 11.3. The molecule has 0 N–H and O–H groups in total. The van der Waals surface area contributed by atoms with Gasteiger partial charge in [-0.1, -0.05) is 5.16 Å². The van der Waals surface area contributed by atoms with Gasteiger partial charge in [0, 0.05) is 32.7 Å². The van der Waals surface area contributed by atoms with Crippen molar-refractivity contribution in [1.29, 1.82) is 0 Å². The second-order valence-corrected chi connectivity index (χ2v) is 5.69. The SMILES string of the molecule is COCC1(c2noc(-c3cnn4cccnc34)n2)CCOCC1. The number of nitrogens with zero attached hydrogens (tertiary/aromatic N) is 5. The van der Waals surface area contributed by atoms with Crippen LogP contribution < -0.4 is 0 Å². The van der Waals surface area contributed by atoms with E-state index >= 15 is 0 Å². The third-order valence-electron chi connectivity index (χ3n) is 4.28. The molecular formula is C15H17N5O3. The first-order valence-electron chi connectivity index (χ1n) is 7.52. The summed E-state index contributed by atoms with van der Waals surface area (Å²) in [5, 5.41) is 8.46. The van der Waals surface area contributed by atoms with E-state index in [2.05, 4.69) is 20.2 Å². The monoisotopic (exact) mass is 315 g/mol. The van der Waals surface area contributed by atoms with E-state index in [-0.39, 0.29) is 5.41 Å². The summed E-state index contributed by atoms with van der Waals surface area (Å²) in [6.07, 6.45) is 6.85. The summed E-state index contributed by atoms with van der Waals surface area (Å²) in [5.74, 6) is 1.09. The number of hydrogen-bond donors (Lipinski definition) is 0. The molecule has 4 heterocycles. The minimum absolute atomic E-state index is 0.259. The Morgan fingerprint density at radius 1 is 1.35 bits per heavy atom. The Morgan fingerprint density at radius 3 is 3.04 bits per heavy atom. The van der Waals surface area contributed by atoms with E-state index in [9.17, 15) is 0 Å². The van der Waals surface area contributed by atoms with Crippen molar-refractivity contribution >= 4 is 5.65 Å². The molecule has 0 atom stereocenters. The molecule has 0 amide bonds. The summed E-state index contributed by atoms with van der Waals surface area (Å²) in [6.45, 7) is 1.89. The maximum absolute atomic E-state index is 5.49. The number of ether oxygens (including phenoxy) is 2. The molecule has 1 aliphatic heterocycles. The first kappa shape index (κ1) is 14.3. The van der Waals surface area contributed by atoms with Gasteiger partial charge in [-0.05, 0) is 18.9 Å². The molecule has 0 unspecified atom stereocenters. The molecule has 3 aromatic rings. The van der Waals surface area contributed by atoms with Gasteiger partial charge in [-0.15, -0.1) is 0 Å². The van der Waals surface area contributed by atoms with Crippen LogP contribution in [-0.4, -0.2) is 51.7 Å².